The van der Waals surface area contributed by atoms with Crippen molar-refractivity contribution < 1.29 is 19.4 Å². The van der Waals surface area contributed by atoms with Crippen LogP contribution in [0.2, 0.25) is 0 Å². The van der Waals surface area contributed by atoms with Crippen molar-refractivity contribution in [3.8, 4) is 11.5 Å². The third kappa shape index (κ3) is 9.43. The van der Waals surface area contributed by atoms with E-state index >= 15 is 0 Å². The Morgan fingerprint density at radius 2 is 1.58 bits per heavy atom. The predicted molar refractivity (Wildman–Crippen MR) is 99.3 cm³/mol. The van der Waals surface area contributed by atoms with Crippen molar-refractivity contribution in [2.24, 2.45) is 5.92 Å². The second-order valence-corrected chi connectivity index (χ2v) is 5.70. The third-order valence-electron chi connectivity index (χ3n) is 3.70. The smallest absolute Gasteiger partial charge is 0.335 e. The van der Waals surface area contributed by atoms with E-state index < -0.39 is 5.97 Å². The Kier molecular flexibility index (Phi) is 12.7. The summed E-state index contributed by atoms with van der Waals surface area (Å²) < 4.78 is 11.3. The molecule has 1 aromatic rings. The number of carboxylic acid groups (broad SMARTS) is 1. The van der Waals surface area contributed by atoms with Crippen LogP contribution < -0.4 is 9.47 Å². The normalized spacial score (nSPS) is 11.2. The minimum Gasteiger partial charge on any atom is -0.493 e. The van der Waals surface area contributed by atoms with E-state index in [0.717, 1.165) is 25.7 Å². The summed E-state index contributed by atoms with van der Waals surface area (Å²) in [6.45, 7) is 11.7. The van der Waals surface area contributed by atoms with Gasteiger partial charge in [0, 0.05) is 6.07 Å². The van der Waals surface area contributed by atoms with Crippen LogP contribution in [0.5, 0.6) is 11.5 Å². The molecule has 4 heteroatoms. The van der Waals surface area contributed by atoms with Crippen LogP contribution in [0.4, 0.5) is 0 Å². The van der Waals surface area contributed by atoms with E-state index in [1.807, 2.05) is 13.8 Å². The molecule has 0 bridgehead atoms. The number of rotatable bonds is 11. The molecule has 1 N–H and O–H groups in total. The van der Waals surface area contributed by atoms with Crippen LogP contribution in [0.1, 0.15) is 77.1 Å². The lowest BCUT2D eigenvalue weighted by Gasteiger charge is -2.12. The lowest BCUT2D eigenvalue weighted by atomic mass is 10.0. The first-order chi connectivity index (χ1) is 11.6. The zero-order chi connectivity index (χ0) is 18.4. The van der Waals surface area contributed by atoms with Gasteiger partial charge in [-0.3, -0.25) is 0 Å². The molecule has 0 saturated heterocycles. The molecule has 0 amide bonds. The van der Waals surface area contributed by atoms with Crippen LogP contribution in [0.15, 0.2) is 18.2 Å². The first kappa shape index (κ1) is 22.3. The number of unbranched alkanes of at least 4 members (excludes halogenated alkanes) is 1. The summed E-state index contributed by atoms with van der Waals surface area (Å²) in [5, 5.41) is 9.17. The summed E-state index contributed by atoms with van der Waals surface area (Å²) in [4.78, 5) is 11.2. The second-order valence-electron chi connectivity index (χ2n) is 5.70. The van der Waals surface area contributed by atoms with Crippen LogP contribution >= 0.6 is 0 Å². The van der Waals surface area contributed by atoms with Gasteiger partial charge < -0.3 is 14.6 Å². The number of ether oxygens (including phenoxy) is 2. The average Bonchev–Trinajstić information content (AvgIpc) is 2.60. The Hall–Kier alpha value is -1.71. The van der Waals surface area contributed by atoms with Gasteiger partial charge in [0.05, 0.1) is 18.8 Å². The molecule has 0 aliphatic heterocycles. The Labute approximate surface area is 147 Å². The molecule has 1 aromatic carbocycles. The minimum absolute atomic E-state index is 0.200. The van der Waals surface area contributed by atoms with E-state index in [9.17, 15) is 9.90 Å². The molecule has 0 aromatic heterocycles. The lowest BCUT2D eigenvalue weighted by Crippen LogP contribution is -2.04. The van der Waals surface area contributed by atoms with Crippen molar-refractivity contribution in [1.82, 2.24) is 0 Å². The van der Waals surface area contributed by atoms with Gasteiger partial charge in [0.15, 0.2) is 0 Å². The molecule has 138 valence electrons. The summed E-state index contributed by atoms with van der Waals surface area (Å²) in [5.74, 6) is 0.855. The van der Waals surface area contributed by atoms with Gasteiger partial charge in [-0.15, -0.1) is 0 Å². The molecule has 1 unspecified atom stereocenters. The fourth-order valence-corrected chi connectivity index (χ4v) is 2.02. The number of carboxylic acids is 1. The van der Waals surface area contributed by atoms with Gasteiger partial charge in [-0.25, -0.2) is 4.79 Å². The van der Waals surface area contributed by atoms with E-state index in [1.54, 1.807) is 18.2 Å². The van der Waals surface area contributed by atoms with Crippen LogP contribution in [0.25, 0.3) is 0 Å². The van der Waals surface area contributed by atoms with Crippen molar-refractivity contribution in [2.45, 2.75) is 66.7 Å². The first-order valence-corrected chi connectivity index (χ1v) is 9.20. The maximum Gasteiger partial charge on any atom is 0.335 e. The van der Waals surface area contributed by atoms with Crippen molar-refractivity contribution in [3.63, 3.8) is 0 Å². The molecule has 0 spiro atoms. The fourth-order valence-electron chi connectivity index (χ4n) is 2.02. The first-order valence-electron chi connectivity index (χ1n) is 9.20. The number of hydrogen-bond acceptors (Lipinski definition) is 3. The van der Waals surface area contributed by atoms with Crippen LogP contribution in [0.3, 0.4) is 0 Å². The van der Waals surface area contributed by atoms with Gasteiger partial charge in [0.1, 0.15) is 11.5 Å². The Bertz CT molecular complexity index is 457. The molecular weight excluding hydrogens is 304 g/mol. The lowest BCUT2D eigenvalue weighted by molar-refractivity contribution is 0.0695. The fraction of sp³-hybridized carbons (Fsp3) is 0.650. The molecule has 0 aliphatic rings. The highest BCUT2D eigenvalue weighted by molar-refractivity contribution is 5.88. The summed E-state index contributed by atoms with van der Waals surface area (Å²) in [6, 6.07) is 4.87. The zero-order valence-corrected chi connectivity index (χ0v) is 15.9. The average molecular weight is 338 g/mol. The number of benzene rings is 1. The van der Waals surface area contributed by atoms with Gasteiger partial charge in [0.2, 0.25) is 0 Å². The standard InChI is InChI=1S/C18H28O4.C2H6/c1-4-6-9-21-16-11-15(18(19)20)12-17(13-16)22-10-7-8-14(3)5-2;1-2/h11-14H,4-10H2,1-3H3,(H,19,20);1-2H3. The molecule has 24 heavy (non-hydrogen) atoms. The maximum absolute atomic E-state index is 11.2. The topological polar surface area (TPSA) is 55.8 Å². The molecule has 4 nitrogen and oxygen atoms in total. The number of carbonyl (C=O) groups is 1. The van der Waals surface area contributed by atoms with Crippen LogP contribution in [-0.2, 0) is 0 Å². The highest BCUT2D eigenvalue weighted by Crippen LogP contribution is 2.24. The molecule has 1 atom stereocenters. The summed E-state index contributed by atoms with van der Waals surface area (Å²) in [7, 11) is 0. The zero-order valence-electron chi connectivity index (χ0n) is 15.9. The van der Waals surface area contributed by atoms with E-state index in [1.165, 1.54) is 6.42 Å². The van der Waals surface area contributed by atoms with Crippen molar-refractivity contribution in [1.29, 1.82) is 0 Å². The van der Waals surface area contributed by atoms with Gasteiger partial charge in [-0.2, -0.15) is 0 Å². The predicted octanol–water partition coefficient (Wildman–Crippen LogP) is 5.80. The molecule has 0 heterocycles. The van der Waals surface area contributed by atoms with Gasteiger partial charge in [-0.05, 0) is 37.3 Å². The Morgan fingerprint density at radius 3 is 2.04 bits per heavy atom. The molecule has 0 aliphatic carbocycles. The minimum atomic E-state index is -0.967. The van der Waals surface area contributed by atoms with E-state index in [-0.39, 0.29) is 5.56 Å². The summed E-state index contributed by atoms with van der Waals surface area (Å²) in [6.07, 6.45) is 5.25. The monoisotopic (exact) mass is 338 g/mol. The molecular formula is C20H34O4. The number of aromatic carboxylic acids is 1. The summed E-state index contributed by atoms with van der Waals surface area (Å²) in [5.41, 5.74) is 0.200. The maximum atomic E-state index is 11.2. The van der Waals surface area contributed by atoms with E-state index in [2.05, 4.69) is 20.8 Å². The SMILES string of the molecule is CC.CCCCOc1cc(OCCCC(C)CC)cc(C(=O)O)c1. The molecule has 0 radical (unpaired) electrons. The number of hydrogen-bond donors (Lipinski definition) is 1. The summed E-state index contributed by atoms with van der Waals surface area (Å²) >= 11 is 0. The largest absolute Gasteiger partial charge is 0.493 e. The van der Waals surface area contributed by atoms with Crippen molar-refractivity contribution in [3.05, 3.63) is 23.8 Å². The van der Waals surface area contributed by atoms with E-state index in [0.29, 0.717) is 30.6 Å². The second kappa shape index (κ2) is 13.7. The third-order valence-corrected chi connectivity index (χ3v) is 3.70. The quantitative estimate of drug-likeness (QED) is 0.518. The molecule has 1 rings (SSSR count). The highest BCUT2D eigenvalue weighted by atomic mass is 16.5. The molecule has 0 saturated carbocycles. The molecule has 0 fully saturated rings. The van der Waals surface area contributed by atoms with Gasteiger partial charge >= 0.3 is 5.97 Å². The van der Waals surface area contributed by atoms with Crippen LogP contribution in [0, 0.1) is 5.92 Å². The van der Waals surface area contributed by atoms with Gasteiger partial charge in [-0.1, -0.05) is 47.5 Å². The highest BCUT2D eigenvalue weighted by Gasteiger charge is 2.09. The van der Waals surface area contributed by atoms with Gasteiger partial charge in [0.25, 0.3) is 0 Å². The Balaban J connectivity index is 0.00000254. The van der Waals surface area contributed by atoms with Crippen LogP contribution in [-0.4, -0.2) is 24.3 Å². The van der Waals surface area contributed by atoms with Crippen molar-refractivity contribution >= 4 is 5.97 Å². The van der Waals surface area contributed by atoms with Crippen molar-refractivity contribution in [2.75, 3.05) is 13.2 Å². The Morgan fingerprint density at radius 1 is 1.04 bits per heavy atom. The van der Waals surface area contributed by atoms with E-state index in [4.69, 9.17) is 9.47 Å².